The zero-order valence-electron chi connectivity index (χ0n) is 10.0. The molecule has 1 aromatic rings. The van der Waals surface area contributed by atoms with Gasteiger partial charge in [0.1, 0.15) is 11.5 Å². The third kappa shape index (κ3) is 2.50. The first-order valence-corrected chi connectivity index (χ1v) is 5.49. The molecule has 0 unspecified atom stereocenters. The molecular formula is C12H16N2O3. The molecule has 5 nitrogen and oxygen atoms in total. The maximum atomic E-state index is 11.8. The minimum atomic E-state index is -0.0509. The molecule has 0 radical (unpaired) electrons. The van der Waals surface area contributed by atoms with E-state index in [9.17, 15) is 9.90 Å². The Morgan fingerprint density at radius 3 is 2.94 bits per heavy atom. The number of aromatic hydroxyl groups is 1. The molecule has 0 bridgehead atoms. The van der Waals surface area contributed by atoms with Crippen molar-refractivity contribution in [1.29, 1.82) is 0 Å². The highest BCUT2D eigenvalue weighted by molar-refractivity contribution is 5.97. The van der Waals surface area contributed by atoms with Gasteiger partial charge in [-0.05, 0) is 26.2 Å². The smallest absolute Gasteiger partial charge is 0.265 e. The average molecular weight is 236 g/mol. The van der Waals surface area contributed by atoms with E-state index in [1.165, 1.54) is 6.07 Å². The predicted octanol–water partition coefficient (Wildman–Crippen LogP) is 0.679. The lowest BCUT2D eigenvalue weighted by Crippen LogP contribution is -2.42. The Kier molecular flexibility index (Phi) is 3.19. The maximum absolute atomic E-state index is 11.8. The highest BCUT2D eigenvalue weighted by Gasteiger charge is 2.25. The van der Waals surface area contributed by atoms with Gasteiger partial charge in [0.2, 0.25) is 0 Å². The van der Waals surface area contributed by atoms with Gasteiger partial charge in [-0.25, -0.2) is 0 Å². The molecule has 2 rings (SSSR count). The number of ether oxygens (including phenoxy) is 1. The number of carbonyl (C=O) groups excluding carboxylic acids is 1. The van der Waals surface area contributed by atoms with Crippen molar-refractivity contribution in [2.75, 3.05) is 38.7 Å². The number of amides is 1. The van der Waals surface area contributed by atoms with Crippen LogP contribution in [0.3, 0.4) is 0 Å². The Morgan fingerprint density at radius 2 is 2.24 bits per heavy atom. The number of phenolic OH excluding ortho intramolecular Hbond substituents is 1. The lowest BCUT2D eigenvalue weighted by molar-refractivity contribution is -0.121. The quantitative estimate of drug-likeness (QED) is 0.838. The summed E-state index contributed by atoms with van der Waals surface area (Å²) in [4.78, 5) is 15.5. The van der Waals surface area contributed by atoms with Gasteiger partial charge in [0, 0.05) is 19.2 Å². The third-order valence-corrected chi connectivity index (χ3v) is 2.66. The summed E-state index contributed by atoms with van der Waals surface area (Å²) >= 11 is 0. The molecule has 1 aromatic carbocycles. The van der Waals surface area contributed by atoms with Crippen LogP contribution in [0.25, 0.3) is 0 Å². The summed E-state index contributed by atoms with van der Waals surface area (Å²) in [6.45, 7) is 1.43. The number of carbonyl (C=O) groups is 1. The molecule has 0 saturated heterocycles. The second kappa shape index (κ2) is 4.63. The lowest BCUT2D eigenvalue weighted by Gasteiger charge is -2.30. The molecule has 1 aliphatic heterocycles. The van der Waals surface area contributed by atoms with Crippen LogP contribution in [0.15, 0.2) is 18.2 Å². The summed E-state index contributed by atoms with van der Waals surface area (Å²) < 4.78 is 5.29. The van der Waals surface area contributed by atoms with Gasteiger partial charge < -0.3 is 19.6 Å². The summed E-state index contributed by atoms with van der Waals surface area (Å²) in [5.74, 6) is 0.652. The van der Waals surface area contributed by atoms with Crippen molar-refractivity contribution >= 4 is 11.6 Å². The number of benzene rings is 1. The SMILES string of the molecule is CN(C)CCN1C(=O)COc2cc(O)ccc21. The van der Waals surface area contributed by atoms with E-state index in [4.69, 9.17) is 4.74 Å². The van der Waals surface area contributed by atoms with Crippen LogP contribution in [-0.4, -0.2) is 49.7 Å². The van der Waals surface area contributed by atoms with Crippen molar-refractivity contribution in [1.82, 2.24) is 4.90 Å². The van der Waals surface area contributed by atoms with Crippen molar-refractivity contribution in [2.24, 2.45) is 0 Å². The Hall–Kier alpha value is -1.75. The Labute approximate surface area is 100 Å². The summed E-state index contributed by atoms with van der Waals surface area (Å²) in [5, 5.41) is 9.37. The van der Waals surface area contributed by atoms with E-state index in [1.807, 2.05) is 19.0 Å². The number of hydrogen-bond donors (Lipinski definition) is 1. The van der Waals surface area contributed by atoms with Crippen LogP contribution in [-0.2, 0) is 4.79 Å². The molecule has 92 valence electrons. The predicted molar refractivity (Wildman–Crippen MR) is 64.5 cm³/mol. The van der Waals surface area contributed by atoms with Crippen molar-refractivity contribution in [3.63, 3.8) is 0 Å². The first-order valence-electron chi connectivity index (χ1n) is 5.49. The van der Waals surface area contributed by atoms with Crippen LogP contribution >= 0.6 is 0 Å². The van der Waals surface area contributed by atoms with E-state index in [0.717, 1.165) is 12.2 Å². The summed E-state index contributed by atoms with van der Waals surface area (Å²) in [6.07, 6.45) is 0. The first-order chi connectivity index (χ1) is 8.08. The Bertz CT molecular complexity index is 432. The van der Waals surface area contributed by atoms with E-state index in [1.54, 1.807) is 17.0 Å². The van der Waals surface area contributed by atoms with Gasteiger partial charge in [-0.3, -0.25) is 4.79 Å². The molecule has 0 saturated carbocycles. The normalized spacial score (nSPS) is 14.8. The molecule has 17 heavy (non-hydrogen) atoms. The summed E-state index contributed by atoms with van der Waals surface area (Å²) in [5.41, 5.74) is 0.723. The average Bonchev–Trinajstić information content (AvgIpc) is 2.27. The number of nitrogens with zero attached hydrogens (tertiary/aromatic N) is 2. The lowest BCUT2D eigenvalue weighted by atomic mass is 10.2. The molecule has 0 fully saturated rings. The standard InChI is InChI=1S/C12H16N2O3/c1-13(2)5-6-14-10-4-3-9(15)7-11(10)17-8-12(14)16/h3-4,7,15H,5-6,8H2,1-2H3. The fourth-order valence-electron chi connectivity index (χ4n) is 1.74. The number of anilines is 1. The molecule has 0 spiro atoms. The monoisotopic (exact) mass is 236 g/mol. The van der Waals surface area contributed by atoms with Crippen LogP contribution < -0.4 is 9.64 Å². The van der Waals surface area contributed by atoms with Gasteiger partial charge in [0.15, 0.2) is 6.61 Å². The Balaban J connectivity index is 2.24. The second-order valence-corrected chi connectivity index (χ2v) is 4.29. The van der Waals surface area contributed by atoms with E-state index in [2.05, 4.69) is 0 Å². The van der Waals surface area contributed by atoms with Gasteiger partial charge in [-0.2, -0.15) is 0 Å². The maximum Gasteiger partial charge on any atom is 0.265 e. The fourth-order valence-corrected chi connectivity index (χ4v) is 1.74. The number of phenols is 1. The Morgan fingerprint density at radius 1 is 1.47 bits per heavy atom. The van der Waals surface area contributed by atoms with E-state index in [-0.39, 0.29) is 18.3 Å². The molecular weight excluding hydrogens is 220 g/mol. The molecule has 1 N–H and O–H groups in total. The van der Waals surface area contributed by atoms with E-state index >= 15 is 0 Å². The van der Waals surface area contributed by atoms with Gasteiger partial charge >= 0.3 is 0 Å². The van der Waals surface area contributed by atoms with Gasteiger partial charge in [-0.15, -0.1) is 0 Å². The molecule has 1 aliphatic rings. The molecule has 1 amide bonds. The molecule has 5 heteroatoms. The number of rotatable bonds is 3. The van der Waals surface area contributed by atoms with Gasteiger partial charge in [0.05, 0.1) is 5.69 Å². The van der Waals surface area contributed by atoms with Crippen LogP contribution in [0, 0.1) is 0 Å². The van der Waals surface area contributed by atoms with Crippen molar-refractivity contribution in [2.45, 2.75) is 0 Å². The van der Waals surface area contributed by atoms with Crippen LogP contribution in [0.2, 0.25) is 0 Å². The summed E-state index contributed by atoms with van der Waals surface area (Å²) in [6, 6.07) is 4.80. The largest absolute Gasteiger partial charge is 0.508 e. The van der Waals surface area contributed by atoms with Gasteiger partial charge in [0.25, 0.3) is 5.91 Å². The zero-order chi connectivity index (χ0) is 12.4. The number of hydrogen-bond acceptors (Lipinski definition) is 4. The second-order valence-electron chi connectivity index (χ2n) is 4.29. The first kappa shape index (κ1) is 11.7. The number of fused-ring (bicyclic) bond motifs is 1. The molecule has 0 aromatic heterocycles. The van der Waals surface area contributed by atoms with E-state index in [0.29, 0.717) is 12.3 Å². The van der Waals surface area contributed by atoms with Gasteiger partial charge in [-0.1, -0.05) is 0 Å². The topological polar surface area (TPSA) is 53.0 Å². The fraction of sp³-hybridized carbons (Fsp3) is 0.417. The minimum absolute atomic E-state index is 0.0316. The van der Waals surface area contributed by atoms with Crippen LogP contribution in [0.1, 0.15) is 0 Å². The molecule has 0 atom stereocenters. The minimum Gasteiger partial charge on any atom is -0.508 e. The molecule has 0 aliphatic carbocycles. The molecule has 1 heterocycles. The van der Waals surface area contributed by atoms with Crippen molar-refractivity contribution in [3.05, 3.63) is 18.2 Å². The van der Waals surface area contributed by atoms with Crippen molar-refractivity contribution in [3.8, 4) is 11.5 Å². The van der Waals surface area contributed by atoms with E-state index < -0.39 is 0 Å². The highest BCUT2D eigenvalue weighted by Crippen LogP contribution is 2.34. The third-order valence-electron chi connectivity index (χ3n) is 2.66. The zero-order valence-corrected chi connectivity index (χ0v) is 10.0. The number of likely N-dealkylation sites (N-methyl/N-ethyl adjacent to an activating group) is 1. The summed E-state index contributed by atoms with van der Waals surface area (Å²) in [7, 11) is 3.92. The van der Waals surface area contributed by atoms with Crippen molar-refractivity contribution < 1.29 is 14.6 Å². The van der Waals surface area contributed by atoms with Crippen LogP contribution in [0.5, 0.6) is 11.5 Å². The highest BCUT2D eigenvalue weighted by atomic mass is 16.5. The van der Waals surface area contributed by atoms with Crippen LogP contribution in [0.4, 0.5) is 5.69 Å².